The van der Waals surface area contributed by atoms with Crippen LogP contribution in [0.25, 0.3) is 0 Å². The second kappa shape index (κ2) is 4.89. The Labute approximate surface area is 112 Å². The maximum atomic E-state index is 13.0. The number of aromatic amines is 1. The van der Waals surface area contributed by atoms with E-state index in [0.29, 0.717) is 11.8 Å². The zero-order chi connectivity index (χ0) is 14.9. The molecule has 2 rings (SSSR count). The van der Waals surface area contributed by atoms with Crippen LogP contribution in [-0.4, -0.2) is 23.5 Å². The smallest absolute Gasteiger partial charge is 0.281 e. The Balaban J connectivity index is 2.46. The van der Waals surface area contributed by atoms with Crippen molar-refractivity contribution in [3.8, 4) is 0 Å². The molecule has 2 aromatic rings. The third kappa shape index (κ3) is 2.74. The Morgan fingerprint density at radius 2 is 2.10 bits per heavy atom. The Bertz CT molecular complexity index is 771. The van der Waals surface area contributed by atoms with Crippen molar-refractivity contribution >= 4 is 21.5 Å². The number of anilines is 1. The summed E-state index contributed by atoms with van der Waals surface area (Å²) in [4.78, 5) is 9.20. The summed E-state index contributed by atoms with van der Waals surface area (Å²) in [7, 11) is -4.23. The summed E-state index contributed by atoms with van der Waals surface area (Å²) in [5.41, 5.74) is -0.235. The first kappa shape index (κ1) is 13.9. The summed E-state index contributed by atoms with van der Waals surface area (Å²) in [6.07, 6.45) is 0. The van der Waals surface area contributed by atoms with Gasteiger partial charge in [-0.25, -0.2) is 12.8 Å². The summed E-state index contributed by atoms with van der Waals surface area (Å²) in [5.74, 6) is -0.910. The molecule has 0 atom stereocenters. The Hall–Kier alpha value is -2.49. The molecule has 0 unspecified atom stereocenters. The van der Waals surface area contributed by atoms with Crippen molar-refractivity contribution in [2.45, 2.75) is 11.8 Å². The molecule has 0 spiro atoms. The molecule has 0 saturated heterocycles. The molecule has 1 aromatic heterocycles. The highest BCUT2D eigenvalue weighted by atomic mass is 32.2. The van der Waals surface area contributed by atoms with Crippen LogP contribution in [0.5, 0.6) is 0 Å². The van der Waals surface area contributed by atoms with Gasteiger partial charge in [-0.1, -0.05) is 0 Å². The minimum absolute atomic E-state index is 0.0128. The molecule has 106 valence electrons. The number of aromatic nitrogens is 2. The van der Waals surface area contributed by atoms with E-state index < -0.39 is 31.3 Å². The molecule has 0 aliphatic heterocycles. The minimum atomic E-state index is -4.23. The van der Waals surface area contributed by atoms with Crippen LogP contribution in [0.2, 0.25) is 0 Å². The van der Waals surface area contributed by atoms with Crippen LogP contribution in [0.1, 0.15) is 5.69 Å². The molecule has 0 radical (unpaired) electrons. The standard InChI is InChI=1S/C10H9FN4O4S/c1-6-4-10(13-12-6)14-20(18,19)9-3-2-7(11)5-8(9)15(16)17/h2-5H,1H3,(H2,12,13,14). The topological polar surface area (TPSA) is 118 Å². The van der Waals surface area contributed by atoms with E-state index in [2.05, 4.69) is 14.9 Å². The molecule has 8 nitrogen and oxygen atoms in total. The second-order valence-corrected chi connectivity index (χ2v) is 5.56. The van der Waals surface area contributed by atoms with Crippen molar-refractivity contribution in [1.82, 2.24) is 10.2 Å². The maximum Gasteiger partial charge on any atom is 0.292 e. The van der Waals surface area contributed by atoms with Gasteiger partial charge in [-0.2, -0.15) is 5.10 Å². The highest BCUT2D eigenvalue weighted by Crippen LogP contribution is 2.26. The Morgan fingerprint density at radius 1 is 1.40 bits per heavy atom. The summed E-state index contributed by atoms with van der Waals surface area (Å²) >= 11 is 0. The third-order valence-electron chi connectivity index (χ3n) is 2.35. The molecule has 0 fully saturated rings. The number of nitrogens with one attached hydrogen (secondary N) is 2. The Kier molecular flexibility index (Phi) is 3.40. The lowest BCUT2D eigenvalue weighted by Gasteiger charge is -2.05. The van der Waals surface area contributed by atoms with Gasteiger partial charge < -0.3 is 0 Å². The fourth-order valence-electron chi connectivity index (χ4n) is 1.52. The highest BCUT2D eigenvalue weighted by molar-refractivity contribution is 7.92. The molecule has 1 heterocycles. The molecule has 0 amide bonds. The molecule has 0 aliphatic carbocycles. The number of sulfonamides is 1. The predicted octanol–water partition coefficient (Wildman–Crippen LogP) is 1.57. The van der Waals surface area contributed by atoms with E-state index in [9.17, 15) is 22.9 Å². The summed E-state index contributed by atoms with van der Waals surface area (Å²) < 4.78 is 39.2. The van der Waals surface area contributed by atoms with Crippen molar-refractivity contribution in [2.24, 2.45) is 0 Å². The normalized spacial score (nSPS) is 11.3. The number of nitro groups is 1. The molecular formula is C10H9FN4O4S. The average Bonchev–Trinajstić information content (AvgIpc) is 2.73. The van der Waals surface area contributed by atoms with Gasteiger partial charge in [-0.05, 0) is 19.1 Å². The maximum absolute atomic E-state index is 13.0. The molecule has 1 aromatic carbocycles. The van der Waals surface area contributed by atoms with E-state index in [4.69, 9.17) is 0 Å². The van der Waals surface area contributed by atoms with E-state index >= 15 is 0 Å². The van der Waals surface area contributed by atoms with E-state index in [1.54, 1.807) is 6.92 Å². The van der Waals surface area contributed by atoms with Gasteiger partial charge in [-0.3, -0.25) is 19.9 Å². The van der Waals surface area contributed by atoms with Crippen LogP contribution in [0.4, 0.5) is 15.9 Å². The van der Waals surface area contributed by atoms with Crippen LogP contribution in [-0.2, 0) is 10.0 Å². The first-order chi connectivity index (χ1) is 9.29. The van der Waals surface area contributed by atoms with Crippen molar-refractivity contribution in [3.05, 3.63) is 45.9 Å². The second-order valence-electron chi connectivity index (χ2n) is 3.91. The van der Waals surface area contributed by atoms with Crippen molar-refractivity contribution < 1.29 is 17.7 Å². The van der Waals surface area contributed by atoms with Gasteiger partial charge in [0.15, 0.2) is 10.7 Å². The van der Waals surface area contributed by atoms with Gasteiger partial charge in [0.25, 0.3) is 15.7 Å². The number of H-pyrrole nitrogens is 1. The summed E-state index contributed by atoms with van der Waals surface area (Å²) in [5, 5.41) is 17.0. The van der Waals surface area contributed by atoms with Gasteiger partial charge in [-0.15, -0.1) is 0 Å². The van der Waals surface area contributed by atoms with Crippen molar-refractivity contribution in [1.29, 1.82) is 0 Å². The quantitative estimate of drug-likeness (QED) is 0.656. The summed E-state index contributed by atoms with van der Waals surface area (Å²) in [6.45, 7) is 1.66. The number of hydrogen-bond acceptors (Lipinski definition) is 5. The lowest BCUT2D eigenvalue weighted by molar-refractivity contribution is -0.388. The van der Waals surface area contributed by atoms with Gasteiger partial charge in [0, 0.05) is 11.8 Å². The number of nitrogens with zero attached hydrogens (tertiary/aromatic N) is 2. The van der Waals surface area contributed by atoms with Gasteiger partial charge in [0.1, 0.15) is 5.82 Å². The van der Waals surface area contributed by atoms with Gasteiger partial charge in [0.2, 0.25) is 0 Å². The van der Waals surface area contributed by atoms with E-state index in [1.165, 1.54) is 6.07 Å². The molecule has 0 saturated carbocycles. The van der Waals surface area contributed by atoms with Crippen LogP contribution < -0.4 is 4.72 Å². The zero-order valence-electron chi connectivity index (χ0n) is 10.1. The largest absolute Gasteiger partial charge is 0.292 e. The van der Waals surface area contributed by atoms with Gasteiger partial charge in [0.05, 0.1) is 11.0 Å². The first-order valence-corrected chi connectivity index (χ1v) is 6.77. The van der Waals surface area contributed by atoms with Crippen molar-refractivity contribution in [2.75, 3.05) is 4.72 Å². The molecular weight excluding hydrogens is 291 g/mol. The lowest BCUT2D eigenvalue weighted by atomic mass is 10.3. The number of rotatable bonds is 4. The van der Waals surface area contributed by atoms with E-state index in [1.807, 2.05) is 0 Å². The average molecular weight is 300 g/mol. The molecule has 0 aliphatic rings. The first-order valence-electron chi connectivity index (χ1n) is 5.28. The molecule has 0 bridgehead atoms. The van der Waals surface area contributed by atoms with E-state index in [-0.39, 0.29) is 5.82 Å². The predicted molar refractivity (Wildman–Crippen MR) is 67.2 cm³/mol. The number of nitro benzene ring substituents is 1. The summed E-state index contributed by atoms with van der Waals surface area (Å²) in [6, 6.07) is 3.62. The molecule has 2 N–H and O–H groups in total. The highest BCUT2D eigenvalue weighted by Gasteiger charge is 2.27. The van der Waals surface area contributed by atoms with Crippen LogP contribution in [0.15, 0.2) is 29.2 Å². The zero-order valence-corrected chi connectivity index (χ0v) is 10.9. The minimum Gasteiger partial charge on any atom is -0.281 e. The number of halogens is 1. The van der Waals surface area contributed by atoms with Crippen LogP contribution in [0.3, 0.4) is 0 Å². The fourth-order valence-corrected chi connectivity index (χ4v) is 2.67. The monoisotopic (exact) mass is 300 g/mol. The number of benzene rings is 1. The number of aryl methyl sites for hydroxylation is 1. The molecule has 10 heteroatoms. The lowest BCUT2D eigenvalue weighted by Crippen LogP contribution is -2.15. The third-order valence-corrected chi connectivity index (χ3v) is 3.75. The van der Waals surface area contributed by atoms with Crippen molar-refractivity contribution in [3.63, 3.8) is 0 Å². The van der Waals surface area contributed by atoms with Crippen LogP contribution in [0, 0.1) is 22.9 Å². The SMILES string of the molecule is Cc1cc(NS(=O)(=O)c2ccc(F)cc2[N+](=O)[O-])n[nH]1. The molecule has 20 heavy (non-hydrogen) atoms. The number of hydrogen-bond donors (Lipinski definition) is 2. The van der Waals surface area contributed by atoms with Gasteiger partial charge >= 0.3 is 0 Å². The van der Waals surface area contributed by atoms with E-state index in [0.717, 1.165) is 12.1 Å². The Morgan fingerprint density at radius 3 is 2.65 bits per heavy atom. The fraction of sp³-hybridized carbons (Fsp3) is 0.100. The van der Waals surface area contributed by atoms with Crippen LogP contribution >= 0.6 is 0 Å².